The lowest BCUT2D eigenvalue weighted by atomic mass is 9.97. The summed E-state index contributed by atoms with van der Waals surface area (Å²) in [5.41, 5.74) is 1.87. The molecule has 2 aromatic rings. The zero-order valence-electron chi connectivity index (χ0n) is 12.9. The Kier molecular flexibility index (Phi) is 3.76. The molecule has 0 amide bonds. The normalized spacial score (nSPS) is 20.1. The Morgan fingerprint density at radius 1 is 1.27 bits per heavy atom. The van der Waals surface area contributed by atoms with Gasteiger partial charge in [-0.1, -0.05) is 13.8 Å². The van der Waals surface area contributed by atoms with E-state index in [0.29, 0.717) is 30.1 Å². The molecule has 0 N–H and O–H groups in total. The lowest BCUT2D eigenvalue weighted by Crippen LogP contribution is -2.29. The van der Waals surface area contributed by atoms with Gasteiger partial charge >= 0.3 is 7.60 Å². The van der Waals surface area contributed by atoms with Gasteiger partial charge in [0, 0.05) is 21.9 Å². The quantitative estimate of drug-likeness (QED) is 0.622. The Balaban J connectivity index is 1.95. The summed E-state index contributed by atoms with van der Waals surface area (Å²) in [6, 6.07) is 5.19. The first-order valence-electron chi connectivity index (χ1n) is 7.17. The summed E-state index contributed by atoms with van der Waals surface area (Å²) in [6.07, 6.45) is 0.939. The fraction of sp³-hybridized carbons (Fsp3) is 0.438. The van der Waals surface area contributed by atoms with Crippen LogP contribution in [0.25, 0.3) is 11.0 Å². The minimum Gasteiger partial charge on any atom is -0.461 e. The van der Waals surface area contributed by atoms with Gasteiger partial charge in [0.25, 0.3) is 0 Å². The number of aryl methyl sites for hydroxylation is 1. The minimum absolute atomic E-state index is 0.133. The first-order chi connectivity index (χ1) is 10.3. The number of fused-ring (bicyclic) bond motifs is 1. The van der Waals surface area contributed by atoms with Crippen molar-refractivity contribution in [3.05, 3.63) is 35.1 Å². The average molecular weight is 322 g/mol. The van der Waals surface area contributed by atoms with Crippen LogP contribution in [-0.4, -0.2) is 19.5 Å². The Bertz CT molecular complexity index is 760. The molecule has 118 valence electrons. The lowest BCUT2D eigenvalue weighted by molar-refractivity contribution is 0.0409. The summed E-state index contributed by atoms with van der Waals surface area (Å²) in [7, 11) is -3.19. The summed E-state index contributed by atoms with van der Waals surface area (Å²) < 4.78 is 29.5. The second kappa shape index (κ2) is 5.34. The van der Waals surface area contributed by atoms with Gasteiger partial charge in [-0.25, -0.2) is 0 Å². The maximum Gasteiger partial charge on any atom is 0.335 e. The maximum atomic E-state index is 12.8. The van der Waals surface area contributed by atoms with Crippen LogP contribution < -0.4 is 0 Å². The van der Waals surface area contributed by atoms with E-state index in [2.05, 4.69) is 0 Å². The molecule has 0 unspecified atom stereocenters. The topological polar surface area (TPSA) is 65.7 Å². The number of rotatable bonds is 3. The number of carbonyl (C=O) groups excluding carboxylic acids is 1. The van der Waals surface area contributed by atoms with Crippen molar-refractivity contribution in [3.63, 3.8) is 0 Å². The molecule has 1 saturated heterocycles. The second-order valence-corrected chi connectivity index (χ2v) is 8.54. The van der Waals surface area contributed by atoms with Crippen molar-refractivity contribution in [2.75, 3.05) is 13.2 Å². The smallest absolute Gasteiger partial charge is 0.335 e. The molecule has 2 heterocycles. The van der Waals surface area contributed by atoms with Crippen LogP contribution in [-0.2, 0) is 19.8 Å². The standard InChI is InChI=1S/C16H19O5P/c1-11-14(8-22(18)19-9-16(2,3)10-20-22)13-6-12(7-17)4-5-15(13)21-11/h4-7H,8-10H2,1-3H3. The Morgan fingerprint density at radius 3 is 2.59 bits per heavy atom. The van der Waals surface area contributed by atoms with E-state index in [-0.39, 0.29) is 11.6 Å². The van der Waals surface area contributed by atoms with E-state index in [1.165, 1.54) is 0 Å². The van der Waals surface area contributed by atoms with Crippen molar-refractivity contribution < 1.29 is 22.8 Å². The van der Waals surface area contributed by atoms with E-state index in [9.17, 15) is 9.36 Å². The van der Waals surface area contributed by atoms with Gasteiger partial charge in [-0.05, 0) is 25.1 Å². The summed E-state index contributed by atoms with van der Waals surface area (Å²) in [5, 5.41) is 0.786. The first kappa shape index (κ1) is 15.5. The molecule has 1 aromatic carbocycles. The van der Waals surface area contributed by atoms with Crippen LogP contribution in [0.3, 0.4) is 0 Å². The second-order valence-electron chi connectivity index (χ2n) is 6.49. The van der Waals surface area contributed by atoms with Crippen LogP contribution in [0.4, 0.5) is 0 Å². The first-order valence-corrected chi connectivity index (χ1v) is 8.90. The molecular formula is C16H19O5P. The number of furan rings is 1. The van der Waals surface area contributed by atoms with Gasteiger partial charge in [0.2, 0.25) is 0 Å². The fourth-order valence-corrected chi connectivity index (χ4v) is 4.60. The molecular weight excluding hydrogens is 303 g/mol. The highest BCUT2D eigenvalue weighted by Gasteiger charge is 2.37. The third-order valence-electron chi connectivity index (χ3n) is 3.81. The third kappa shape index (κ3) is 2.89. The Morgan fingerprint density at radius 2 is 1.95 bits per heavy atom. The maximum absolute atomic E-state index is 12.8. The largest absolute Gasteiger partial charge is 0.461 e. The molecule has 0 saturated carbocycles. The lowest BCUT2D eigenvalue weighted by Gasteiger charge is -2.34. The molecule has 0 aliphatic carbocycles. The molecule has 1 aliphatic rings. The van der Waals surface area contributed by atoms with E-state index in [1.54, 1.807) is 18.2 Å². The van der Waals surface area contributed by atoms with Crippen LogP contribution in [0, 0.1) is 12.3 Å². The number of benzene rings is 1. The SMILES string of the molecule is Cc1oc2ccc(C=O)cc2c1CP1(=O)OCC(C)(C)CO1. The minimum atomic E-state index is -3.19. The van der Waals surface area contributed by atoms with Gasteiger partial charge < -0.3 is 13.5 Å². The van der Waals surface area contributed by atoms with Gasteiger partial charge in [0.1, 0.15) is 17.6 Å². The molecule has 0 radical (unpaired) electrons. The van der Waals surface area contributed by atoms with Crippen molar-refractivity contribution in [1.82, 2.24) is 0 Å². The summed E-state index contributed by atoms with van der Waals surface area (Å²) in [5.74, 6) is 0.672. The van der Waals surface area contributed by atoms with Crippen LogP contribution in [0.2, 0.25) is 0 Å². The molecule has 1 aliphatic heterocycles. The number of aldehydes is 1. The van der Waals surface area contributed by atoms with Gasteiger partial charge in [0.05, 0.1) is 19.4 Å². The molecule has 0 bridgehead atoms. The van der Waals surface area contributed by atoms with E-state index in [4.69, 9.17) is 13.5 Å². The highest BCUT2D eigenvalue weighted by molar-refractivity contribution is 7.53. The number of hydrogen-bond acceptors (Lipinski definition) is 5. The van der Waals surface area contributed by atoms with E-state index in [0.717, 1.165) is 17.2 Å². The van der Waals surface area contributed by atoms with Crippen molar-refractivity contribution in [2.24, 2.45) is 5.41 Å². The van der Waals surface area contributed by atoms with Gasteiger partial charge in [-0.15, -0.1) is 0 Å². The third-order valence-corrected chi connectivity index (χ3v) is 5.56. The zero-order valence-corrected chi connectivity index (χ0v) is 13.8. The zero-order chi connectivity index (χ0) is 16.0. The molecule has 5 nitrogen and oxygen atoms in total. The molecule has 1 fully saturated rings. The monoisotopic (exact) mass is 322 g/mol. The predicted octanol–water partition coefficient (Wildman–Crippen LogP) is 4.32. The molecule has 3 rings (SSSR count). The van der Waals surface area contributed by atoms with E-state index < -0.39 is 7.60 Å². The fourth-order valence-electron chi connectivity index (χ4n) is 2.47. The number of hydrogen-bond donors (Lipinski definition) is 0. The highest BCUT2D eigenvalue weighted by Crippen LogP contribution is 2.57. The van der Waals surface area contributed by atoms with Gasteiger partial charge in [0.15, 0.2) is 0 Å². The molecule has 22 heavy (non-hydrogen) atoms. The van der Waals surface area contributed by atoms with Gasteiger partial charge in [-0.3, -0.25) is 9.36 Å². The Hall–Kier alpha value is -1.42. The van der Waals surface area contributed by atoms with Crippen molar-refractivity contribution in [2.45, 2.75) is 26.9 Å². The Labute approximate surface area is 129 Å². The highest BCUT2D eigenvalue weighted by atomic mass is 31.2. The van der Waals surface area contributed by atoms with Crippen LogP contribution in [0.1, 0.15) is 35.5 Å². The average Bonchev–Trinajstić information content (AvgIpc) is 2.78. The summed E-state index contributed by atoms with van der Waals surface area (Å²) in [6.45, 7) is 6.63. The summed E-state index contributed by atoms with van der Waals surface area (Å²) in [4.78, 5) is 11.0. The van der Waals surface area contributed by atoms with Crippen LogP contribution >= 0.6 is 7.60 Å². The van der Waals surface area contributed by atoms with Crippen molar-refractivity contribution in [3.8, 4) is 0 Å². The molecule has 0 atom stereocenters. The molecule has 0 spiro atoms. The van der Waals surface area contributed by atoms with Crippen molar-refractivity contribution >= 4 is 24.9 Å². The van der Waals surface area contributed by atoms with Crippen LogP contribution in [0.5, 0.6) is 0 Å². The summed E-state index contributed by atoms with van der Waals surface area (Å²) >= 11 is 0. The molecule has 1 aromatic heterocycles. The van der Waals surface area contributed by atoms with E-state index in [1.807, 2.05) is 20.8 Å². The van der Waals surface area contributed by atoms with E-state index >= 15 is 0 Å². The van der Waals surface area contributed by atoms with Crippen LogP contribution in [0.15, 0.2) is 22.6 Å². The molecule has 6 heteroatoms. The van der Waals surface area contributed by atoms with Gasteiger partial charge in [-0.2, -0.15) is 0 Å². The van der Waals surface area contributed by atoms with Crippen molar-refractivity contribution in [1.29, 1.82) is 0 Å². The predicted molar refractivity (Wildman–Crippen MR) is 83.3 cm³/mol. The number of carbonyl (C=O) groups is 1.